The lowest BCUT2D eigenvalue weighted by Crippen LogP contribution is -2.28. The first-order chi connectivity index (χ1) is 8.99. The van der Waals surface area contributed by atoms with Crippen molar-refractivity contribution >= 4 is 23.3 Å². The minimum Gasteiger partial charge on any atom is -0.511 e. The maximum absolute atomic E-state index is 12.0. The lowest BCUT2D eigenvalue weighted by atomic mass is 9.80. The molecule has 1 aliphatic carbocycles. The summed E-state index contributed by atoms with van der Waals surface area (Å²) in [6, 6.07) is 0. The molecule has 0 aliphatic heterocycles. The molecule has 108 valence electrons. The Bertz CT molecular complexity index is 354. The number of carbonyl (C=O) groups is 2. The van der Waals surface area contributed by atoms with Gasteiger partial charge in [-0.25, -0.2) is 0 Å². The molecule has 1 fully saturated rings. The smallest absolute Gasteiger partial charge is 0.170 e. The van der Waals surface area contributed by atoms with Crippen LogP contribution < -0.4 is 0 Å². The molecule has 0 spiro atoms. The van der Waals surface area contributed by atoms with E-state index >= 15 is 0 Å². The molecule has 0 bridgehead atoms. The molecule has 0 saturated heterocycles. The number of aliphatic hydroxyl groups excluding tert-OH is 1. The van der Waals surface area contributed by atoms with Gasteiger partial charge in [0.2, 0.25) is 0 Å². The summed E-state index contributed by atoms with van der Waals surface area (Å²) in [5.74, 6) is 0.860. The fourth-order valence-electron chi connectivity index (χ4n) is 2.63. The maximum atomic E-state index is 12.0. The van der Waals surface area contributed by atoms with Gasteiger partial charge in [0.15, 0.2) is 11.6 Å². The molecule has 0 aromatic carbocycles. The van der Waals surface area contributed by atoms with Crippen molar-refractivity contribution in [3.63, 3.8) is 0 Å². The highest BCUT2D eigenvalue weighted by molar-refractivity contribution is 7.99. The molecule has 1 aliphatic rings. The van der Waals surface area contributed by atoms with E-state index in [4.69, 9.17) is 0 Å². The second-order valence-corrected chi connectivity index (χ2v) is 6.91. The van der Waals surface area contributed by atoms with Crippen molar-refractivity contribution < 1.29 is 14.7 Å². The van der Waals surface area contributed by atoms with Crippen molar-refractivity contribution in [3.05, 3.63) is 11.3 Å². The van der Waals surface area contributed by atoms with Gasteiger partial charge in [-0.2, -0.15) is 11.8 Å². The highest BCUT2D eigenvalue weighted by Crippen LogP contribution is 2.31. The summed E-state index contributed by atoms with van der Waals surface area (Å²) >= 11 is 1.86. The molecule has 4 heteroatoms. The van der Waals surface area contributed by atoms with E-state index in [-0.39, 0.29) is 28.8 Å². The van der Waals surface area contributed by atoms with E-state index in [0.717, 1.165) is 18.6 Å². The summed E-state index contributed by atoms with van der Waals surface area (Å²) < 4.78 is 0. The average molecular weight is 284 g/mol. The van der Waals surface area contributed by atoms with Crippen LogP contribution in [-0.4, -0.2) is 27.7 Å². The molecule has 1 saturated carbocycles. The molecule has 3 nitrogen and oxygen atoms in total. The number of Topliss-reactive ketones (excluding diaryl/α,β-unsaturated/α-hetero) is 2. The normalized spacial score (nSPS) is 21.6. The van der Waals surface area contributed by atoms with Crippen LogP contribution in [0.5, 0.6) is 0 Å². The first-order valence-electron chi connectivity index (χ1n) is 7.09. The Hall–Kier alpha value is -0.770. The van der Waals surface area contributed by atoms with Gasteiger partial charge >= 0.3 is 0 Å². The van der Waals surface area contributed by atoms with Gasteiger partial charge in [0.1, 0.15) is 5.76 Å². The molecule has 0 radical (unpaired) electrons. The first kappa shape index (κ1) is 16.3. The maximum Gasteiger partial charge on any atom is 0.170 e. The summed E-state index contributed by atoms with van der Waals surface area (Å²) in [7, 11) is 0. The van der Waals surface area contributed by atoms with Crippen LogP contribution in [-0.2, 0) is 9.59 Å². The fourth-order valence-corrected chi connectivity index (χ4v) is 3.61. The molecule has 0 amide bonds. The van der Waals surface area contributed by atoms with E-state index in [1.54, 1.807) is 0 Å². The minimum absolute atomic E-state index is 0.00747. The third-order valence-corrected chi connectivity index (χ3v) is 4.49. The molecule has 1 rings (SSSR count). The van der Waals surface area contributed by atoms with E-state index < -0.39 is 0 Å². The van der Waals surface area contributed by atoms with Gasteiger partial charge in [-0.05, 0) is 24.5 Å². The molecule has 1 N–H and O–H groups in total. The number of aliphatic hydroxyl groups is 1. The Morgan fingerprint density at radius 1 is 1.32 bits per heavy atom. The number of carbonyl (C=O) groups excluding carboxylic acids is 2. The second-order valence-electron chi connectivity index (χ2n) is 5.19. The summed E-state index contributed by atoms with van der Waals surface area (Å²) in [5, 5.41) is 10.3. The van der Waals surface area contributed by atoms with Gasteiger partial charge in [0, 0.05) is 24.5 Å². The summed E-state index contributed by atoms with van der Waals surface area (Å²) in [6.45, 7) is 6.17. The van der Waals surface area contributed by atoms with Gasteiger partial charge in [-0.15, -0.1) is 0 Å². The number of hydrogen-bond donors (Lipinski definition) is 1. The molecule has 0 unspecified atom stereocenters. The molecule has 0 aromatic heterocycles. The van der Waals surface area contributed by atoms with E-state index in [9.17, 15) is 14.7 Å². The van der Waals surface area contributed by atoms with Crippen molar-refractivity contribution in [2.24, 2.45) is 5.92 Å². The zero-order valence-electron chi connectivity index (χ0n) is 12.1. The molecule has 0 aromatic rings. The Morgan fingerprint density at radius 2 is 1.89 bits per heavy atom. The lowest BCUT2D eigenvalue weighted by molar-refractivity contribution is -0.125. The van der Waals surface area contributed by atoms with Gasteiger partial charge in [-0.1, -0.05) is 20.8 Å². The van der Waals surface area contributed by atoms with Crippen molar-refractivity contribution in [1.82, 2.24) is 0 Å². The van der Waals surface area contributed by atoms with Crippen LogP contribution in [0.15, 0.2) is 11.3 Å². The second kappa shape index (κ2) is 7.73. The third-order valence-electron chi connectivity index (χ3n) is 3.40. The van der Waals surface area contributed by atoms with Gasteiger partial charge in [0.25, 0.3) is 0 Å². The van der Waals surface area contributed by atoms with Crippen LogP contribution in [0, 0.1) is 5.92 Å². The minimum atomic E-state index is -0.166. The third kappa shape index (κ3) is 4.68. The Morgan fingerprint density at radius 3 is 2.37 bits per heavy atom. The van der Waals surface area contributed by atoms with Crippen LogP contribution in [0.2, 0.25) is 0 Å². The molecule has 19 heavy (non-hydrogen) atoms. The van der Waals surface area contributed by atoms with Crippen LogP contribution in [0.1, 0.15) is 52.9 Å². The number of hydrogen-bond acceptors (Lipinski definition) is 4. The average Bonchev–Trinajstić information content (AvgIpc) is 2.28. The number of thioether (sulfide) groups is 1. The van der Waals surface area contributed by atoms with Gasteiger partial charge < -0.3 is 5.11 Å². The van der Waals surface area contributed by atoms with Crippen molar-refractivity contribution in [1.29, 1.82) is 0 Å². The monoisotopic (exact) mass is 284 g/mol. The molecular formula is C15H24O3S. The number of ketones is 2. The van der Waals surface area contributed by atoms with Gasteiger partial charge in [-0.3, -0.25) is 9.59 Å². The number of rotatable bonds is 6. The Balaban J connectivity index is 2.69. The number of allylic oxidation sites excluding steroid dienone is 2. The zero-order valence-corrected chi connectivity index (χ0v) is 12.9. The van der Waals surface area contributed by atoms with Crippen LogP contribution >= 0.6 is 11.8 Å². The van der Waals surface area contributed by atoms with Crippen LogP contribution in [0.4, 0.5) is 0 Å². The quantitative estimate of drug-likeness (QED) is 0.459. The standard InChI is InChI=1S/C15H24O3S/c1-4-6-12(16)15-13(17)8-11(9-14(15)18)7-10(3)19-5-2/h10-11,16H,4-9H2,1-3H3/t10-,11?/m1/s1. The van der Waals surface area contributed by atoms with E-state index in [0.29, 0.717) is 24.5 Å². The van der Waals surface area contributed by atoms with E-state index in [1.165, 1.54) is 0 Å². The fraction of sp³-hybridized carbons (Fsp3) is 0.733. The topological polar surface area (TPSA) is 54.4 Å². The Labute approximate surface area is 119 Å². The highest BCUT2D eigenvalue weighted by atomic mass is 32.2. The van der Waals surface area contributed by atoms with Crippen molar-refractivity contribution in [3.8, 4) is 0 Å². The largest absolute Gasteiger partial charge is 0.511 e. The predicted molar refractivity (Wildman–Crippen MR) is 79.5 cm³/mol. The van der Waals surface area contributed by atoms with Crippen LogP contribution in [0.25, 0.3) is 0 Å². The highest BCUT2D eigenvalue weighted by Gasteiger charge is 2.33. The molecule has 1 atom stereocenters. The van der Waals surface area contributed by atoms with Gasteiger partial charge in [0.05, 0.1) is 5.57 Å². The SMILES string of the molecule is CCCC(O)=C1C(=O)CC(C[C@@H](C)SCC)CC1=O. The predicted octanol–water partition coefficient (Wildman–Crippen LogP) is 3.68. The summed E-state index contributed by atoms with van der Waals surface area (Å²) in [5.41, 5.74) is 0.0777. The summed E-state index contributed by atoms with van der Waals surface area (Å²) in [6.07, 6.45) is 2.87. The van der Waals surface area contributed by atoms with Crippen molar-refractivity contribution in [2.75, 3.05) is 5.75 Å². The van der Waals surface area contributed by atoms with Crippen molar-refractivity contribution in [2.45, 2.75) is 58.1 Å². The first-order valence-corrected chi connectivity index (χ1v) is 8.14. The summed E-state index contributed by atoms with van der Waals surface area (Å²) in [4.78, 5) is 24.1. The van der Waals surface area contributed by atoms with E-state index in [2.05, 4.69) is 13.8 Å². The Kier molecular flexibility index (Phi) is 6.63. The molecular weight excluding hydrogens is 260 g/mol. The van der Waals surface area contributed by atoms with E-state index in [1.807, 2.05) is 18.7 Å². The molecule has 0 heterocycles. The van der Waals surface area contributed by atoms with Crippen LogP contribution in [0.3, 0.4) is 0 Å². The lowest BCUT2D eigenvalue weighted by Gasteiger charge is -2.24. The zero-order chi connectivity index (χ0) is 14.4.